The van der Waals surface area contributed by atoms with Gasteiger partial charge in [-0.15, -0.1) is 0 Å². The smallest absolute Gasteiger partial charge is 0.198 e. The third-order valence-electron chi connectivity index (χ3n) is 19.0. The van der Waals surface area contributed by atoms with Gasteiger partial charge >= 0.3 is 0 Å². The molecule has 1 N–H and O–H groups in total. The molecule has 72 heavy (non-hydrogen) atoms. The van der Waals surface area contributed by atoms with Crippen molar-refractivity contribution in [2.45, 2.75) is 161 Å². The van der Waals surface area contributed by atoms with Crippen LogP contribution in [0.4, 0.5) is 28.4 Å². The number of aryl methyl sites for hydroxylation is 1. The lowest BCUT2D eigenvalue weighted by atomic mass is 9.57. The van der Waals surface area contributed by atoms with Gasteiger partial charge in [-0.05, 0) is 176 Å². The van der Waals surface area contributed by atoms with E-state index in [0.717, 1.165) is 92.3 Å². The number of nitrogens with one attached hydrogen (secondary N) is 1. The normalized spacial score (nSPS) is 19.6. The average molecular weight is 947 g/mol. The van der Waals surface area contributed by atoms with Crippen LogP contribution in [0.5, 0.6) is 0 Å². The molecule has 0 radical (unpaired) electrons. The van der Waals surface area contributed by atoms with Crippen LogP contribution in [0.1, 0.15) is 161 Å². The van der Waals surface area contributed by atoms with E-state index in [0.29, 0.717) is 7.28 Å². The molecule has 4 aliphatic rings. The van der Waals surface area contributed by atoms with Crippen molar-refractivity contribution in [1.82, 2.24) is 0 Å². The first-order valence-electron chi connectivity index (χ1n) is 27.0. The molecule has 13 rings (SSSR count). The van der Waals surface area contributed by atoms with Crippen LogP contribution >= 0.6 is 0 Å². The highest BCUT2D eigenvalue weighted by Gasteiger charge is 2.43. The van der Waals surface area contributed by atoms with Gasteiger partial charge in [-0.25, -0.2) is 0 Å². The van der Waals surface area contributed by atoms with Gasteiger partial charge in [0.25, 0.3) is 0 Å². The summed E-state index contributed by atoms with van der Waals surface area (Å²) in [4.78, 5) is 2.59. The van der Waals surface area contributed by atoms with Gasteiger partial charge in [0.15, 0.2) is 18.4 Å². The fraction of sp³-hybridized carbons (Fsp3) is 0.373. The fourth-order valence-corrected chi connectivity index (χ4v) is 14.0. The summed E-state index contributed by atoms with van der Waals surface area (Å²) < 4.78 is 14.4. The van der Waals surface area contributed by atoms with Gasteiger partial charge in [0.1, 0.15) is 11.2 Å². The van der Waals surface area contributed by atoms with Crippen LogP contribution in [-0.4, -0.2) is 7.28 Å². The Hall–Kier alpha value is -6.20. The van der Waals surface area contributed by atoms with Gasteiger partial charge in [0, 0.05) is 44.2 Å². The first kappa shape index (κ1) is 45.7. The number of fused-ring (bicyclic) bond motifs is 13. The highest BCUT2D eigenvalue weighted by Crippen LogP contribution is 2.55. The van der Waals surface area contributed by atoms with Crippen molar-refractivity contribution in [1.29, 1.82) is 0 Å². The fourth-order valence-electron chi connectivity index (χ4n) is 14.0. The Kier molecular flexibility index (Phi) is 9.48. The molecule has 1 aliphatic heterocycles. The van der Waals surface area contributed by atoms with E-state index in [-0.39, 0.29) is 32.5 Å². The van der Waals surface area contributed by atoms with Gasteiger partial charge in [-0.2, -0.15) is 0 Å². The van der Waals surface area contributed by atoms with Crippen molar-refractivity contribution in [2.24, 2.45) is 0 Å². The van der Waals surface area contributed by atoms with Gasteiger partial charge in [-0.3, -0.25) is 0 Å². The highest BCUT2D eigenvalue weighted by molar-refractivity contribution is 6.74. The minimum absolute atomic E-state index is 0.00157. The summed E-state index contributed by atoms with van der Waals surface area (Å²) in [6.07, 6.45) is 6.94. The topological polar surface area (TPSA) is 41.6 Å². The largest absolute Gasteiger partial charge is 0.454 e. The molecule has 7 aromatic carbocycles. The average Bonchev–Trinajstić information content (AvgIpc) is 3.91. The van der Waals surface area contributed by atoms with E-state index in [4.69, 9.17) is 8.83 Å². The van der Waals surface area contributed by atoms with Crippen LogP contribution in [-0.2, 0) is 32.5 Å². The summed E-state index contributed by atoms with van der Waals surface area (Å²) in [5.74, 6) is 0. The molecule has 0 bridgehead atoms. The molecule has 0 unspecified atom stereocenters. The molecular weight excluding hydrogens is 876 g/mol. The molecule has 364 valence electrons. The van der Waals surface area contributed by atoms with Crippen LogP contribution in [0.2, 0.25) is 0 Å². The molecule has 0 spiro atoms. The molecule has 0 amide bonds. The summed E-state index contributed by atoms with van der Waals surface area (Å²) in [6.45, 7) is 31.7. The lowest BCUT2D eigenvalue weighted by Gasteiger charge is -2.44. The summed E-state index contributed by atoms with van der Waals surface area (Å²) in [5, 5.41) is 8.72. The predicted molar refractivity (Wildman–Crippen MR) is 308 cm³/mol. The second kappa shape index (κ2) is 15.0. The zero-order chi connectivity index (χ0) is 50.2. The molecule has 0 atom stereocenters. The Balaban J connectivity index is 1.15. The number of para-hydroxylation sites is 2. The number of nitrogens with zero attached hydrogens (tertiary/aromatic N) is 1. The molecule has 3 aliphatic carbocycles. The molecule has 9 aromatic rings. The van der Waals surface area contributed by atoms with E-state index in [1.807, 2.05) is 0 Å². The van der Waals surface area contributed by atoms with Crippen LogP contribution < -0.4 is 21.1 Å². The maximum Gasteiger partial charge on any atom is 0.198 e. The van der Waals surface area contributed by atoms with Crippen LogP contribution in [0, 0.1) is 6.92 Å². The molecule has 2 aromatic heterocycles. The molecular formula is C67H71BN2O2. The van der Waals surface area contributed by atoms with Crippen molar-refractivity contribution in [3.05, 3.63) is 148 Å². The number of benzene rings is 7. The number of hydrogen-bond acceptors (Lipinski definition) is 4. The van der Waals surface area contributed by atoms with Crippen molar-refractivity contribution < 1.29 is 8.83 Å². The van der Waals surface area contributed by atoms with E-state index in [9.17, 15) is 0 Å². The second-order valence-corrected chi connectivity index (χ2v) is 26.6. The molecule has 5 heteroatoms. The number of furan rings is 2. The maximum atomic E-state index is 7.28. The molecule has 3 heterocycles. The second-order valence-electron chi connectivity index (χ2n) is 26.6. The Morgan fingerprint density at radius 1 is 0.444 bits per heavy atom. The molecule has 0 fully saturated rings. The van der Waals surface area contributed by atoms with E-state index < -0.39 is 0 Å². The number of rotatable bonds is 4. The van der Waals surface area contributed by atoms with Crippen molar-refractivity contribution in [2.75, 3.05) is 10.2 Å². The van der Waals surface area contributed by atoms with E-state index in [2.05, 4.69) is 209 Å². The standard InChI is InChI=1S/C67H71BN2O2/c1-38-32-47-51(67(12,13)31-28-63(47,4)5)37-54(38)70-58-52(25-23-42-40-18-14-16-20-55(40)71-60(42)58)68-57-44(34-45-41-19-15-17-21-56(41)72-61(45)59(57)70)43-35-49-50(66(10,11)30-29-65(49,8)9)36-53(43)69-39-22-24-46-48(33-39)64(6,7)27-26-62(46,2)3/h14-25,32-37,68-69H,26-31H2,1-13H3. The number of anilines is 5. The summed E-state index contributed by atoms with van der Waals surface area (Å²) >= 11 is 0. The monoisotopic (exact) mass is 947 g/mol. The Morgan fingerprint density at radius 3 is 1.56 bits per heavy atom. The summed E-state index contributed by atoms with van der Waals surface area (Å²) in [7, 11) is 0.715. The Morgan fingerprint density at radius 2 is 0.944 bits per heavy atom. The summed E-state index contributed by atoms with van der Waals surface area (Å²) in [5.41, 5.74) is 24.6. The van der Waals surface area contributed by atoms with Gasteiger partial charge < -0.3 is 19.1 Å². The van der Waals surface area contributed by atoms with Crippen molar-refractivity contribution >= 4 is 90.5 Å². The van der Waals surface area contributed by atoms with E-state index >= 15 is 0 Å². The first-order chi connectivity index (χ1) is 34.0. The Bertz CT molecular complexity index is 3790. The lowest BCUT2D eigenvalue weighted by molar-refractivity contribution is 0.332. The molecule has 0 saturated carbocycles. The summed E-state index contributed by atoms with van der Waals surface area (Å²) in [6, 6.07) is 41.9. The minimum Gasteiger partial charge on any atom is -0.454 e. The van der Waals surface area contributed by atoms with Crippen LogP contribution in [0.15, 0.2) is 118 Å². The van der Waals surface area contributed by atoms with Crippen molar-refractivity contribution in [3.8, 4) is 11.1 Å². The van der Waals surface area contributed by atoms with Crippen LogP contribution in [0.3, 0.4) is 0 Å². The number of hydrogen-bond donors (Lipinski definition) is 1. The first-order valence-corrected chi connectivity index (χ1v) is 27.0. The van der Waals surface area contributed by atoms with Gasteiger partial charge in [0.2, 0.25) is 0 Å². The lowest BCUT2D eigenvalue weighted by Crippen LogP contribution is -2.42. The van der Waals surface area contributed by atoms with Gasteiger partial charge in [-0.1, -0.05) is 149 Å². The Labute approximate surface area is 427 Å². The predicted octanol–water partition coefficient (Wildman–Crippen LogP) is 17.4. The van der Waals surface area contributed by atoms with E-state index in [1.54, 1.807) is 0 Å². The zero-order valence-electron chi connectivity index (χ0n) is 45.1. The van der Waals surface area contributed by atoms with Crippen LogP contribution in [0.25, 0.3) is 55.0 Å². The highest BCUT2D eigenvalue weighted by atomic mass is 16.3. The maximum absolute atomic E-state index is 7.28. The molecule has 4 nitrogen and oxygen atoms in total. The molecule has 0 saturated heterocycles. The van der Waals surface area contributed by atoms with Crippen molar-refractivity contribution in [3.63, 3.8) is 0 Å². The quantitative estimate of drug-likeness (QED) is 0.179. The SMILES string of the molecule is Cc1cc2c(cc1N1c3c(ccc4c3oc3ccccc34)Bc3c(-c4cc5c(cc4Nc4ccc6c(c4)C(C)(C)CCC6(C)C)C(C)(C)CCC5(C)C)cc4c(oc5ccccc54)c31)C(C)(C)CCC2(C)C. The van der Waals surface area contributed by atoms with Gasteiger partial charge in [0.05, 0.1) is 11.4 Å². The minimum atomic E-state index is -0.00157. The third-order valence-corrected chi connectivity index (χ3v) is 19.0. The van der Waals surface area contributed by atoms with E-state index in [1.165, 1.54) is 79.5 Å². The zero-order valence-corrected chi connectivity index (χ0v) is 45.1. The third kappa shape index (κ3) is 6.63.